The molecule has 1 rings (SSSR count). The van der Waals surface area contributed by atoms with Crippen molar-refractivity contribution in [1.82, 2.24) is 4.98 Å². The molecule has 0 fully saturated rings. The maximum Gasteiger partial charge on any atom is 0.326 e. The van der Waals surface area contributed by atoms with Gasteiger partial charge in [0.05, 0.1) is 12.3 Å². The van der Waals surface area contributed by atoms with Gasteiger partial charge in [0.1, 0.15) is 11.5 Å². The Labute approximate surface area is 105 Å². The Morgan fingerprint density at radius 1 is 1.71 bits per heavy atom. The first-order valence-corrected chi connectivity index (χ1v) is 6.60. The fourth-order valence-electron chi connectivity index (χ4n) is 1.16. The van der Waals surface area contributed by atoms with E-state index in [1.165, 1.54) is 0 Å². The van der Waals surface area contributed by atoms with Crippen molar-refractivity contribution in [3.63, 3.8) is 0 Å². The summed E-state index contributed by atoms with van der Waals surface area (Å²) in [5, 5.41) is 0.660. The van der Waals surface area contributed by atoms with Crippen LogP contribution in [0.25, 0.3) is 0 Å². The second-order valence-corrected chi connectivity index (χ2v) is 4.93. The number of carbonyl (C=O) groups is 1. The van der Waals surface area contributed by atoms with Crippen molar-refractivity contribution < 1.29 is 18.3 Å². The van der Waals surface area contributed by atoms with Crippen molar-refractivity contribution in [2.75, 3.05) is 23.2 Å². The van der Waals surface area contributed by atoms with E-state index in [1.807, 2.05) is 0 Å². The van der Waals surface area contributed by atoms with Crippen molar-refractivity contribution in [3.8, 4) is 0 Å². The number of aromatic nitrogens is 1. The lowest BCUT2D eigenvalue weighted by molar-refractivity contribution is -0.141. The largest absolute Gasteiger partial charge is 0.465 e. The number of anilines is 2. The Hall–Kier alpha value is -1.19. The lowest BCUT2D eigenvalue weighted by Crippen LogP contribution is -2.32. The minimum Gasteiger partial charge on any atom is -0.465 e. The number of carbonyl (C=O) groups excluding carboxylic acids is 1. The minimum atomic E-state index is -2.33. The maximum absolute atomic E-state index is 11.3. The Balaban J connectivity index is 2.90. The summed E-state index contributed by atoms with van der Waals surface area (Å²) in [6, 6.07) is 0. The van der Waals surface area contributed by atoms with E-state index >= 15 is 0 Å². The highest BCUT2D eigenvalue weighted by atomic mass is 32.2. The normalized spacial score (nSPS) is 12.2. The molecule has 3 N–H and O–H groups in total. The number of nitrogens with zero attached hydrogens (tertiary/aromatic N) is 2. The Morgan fingerprint density at radius 2 is 2.35 bits per heavy atom. The summed E-state index contributed by atoms with van der Waals surface area (Å²) in [5.41, 5.74) is 5.99. The molecule has 0 aliphatic rings. The van der Waals surface area contributed by atoms with Crippen molar-refractivity contribution in [2.45, 2.75) is 13.8 Å². The number of thiazole rings is 1. The molecule has 1 unspecified atom stereocenters. The number of rotatable bonds is 5. The molecule has 0 aliphatic carbocycles. The molecule has 0 aliphatic heterocycles. The topological polar surface area (TPSA) is 106 Å². The van der Waals surface area contributed by atoms with Gasteiger partial charge >= 0.3 is 5.97 Å². The van der Waals surface area contributed by atoms with Gasteiger partial charge in [-0.25, -0.2) is 13.5 Å². The van der Waals surface area contributed by atoms with Crippen molar-refractivity contribution in [3.05, 3.63) is 5.69 Å². The zero-order chi connectivity index (χ0) is 13.0. The second kappa shape index (κ2) is 5.94. The third-order valence-corrected chi connectivity index (χ3v) is 3.60. The summed E-state index contributed by atoms with van der Waals surface area (Å²) in [6.07, 6.45) is 0. The molecular weight excluding hydrogens is 266 g/mol. The maximum atomic E-state index is 11.3. The first-order chi connectivity index (χ1) is 7.95. The zero-order valence-corrected chi connectivity index (χ0v) is 11.0. The van der Waals surface area contributed by atoms with Crippen LogP contribution in [0, 0.1) is 6.92 Å². The average Bonchev–Trinajstić information content (AvgIpc) is 2.54. The Kier molecular flexibility index (Phi) is 4.85. The molecule has 0 radical (unpaired) electrons. The van der Waals surface area contributed by atoms with E-state index in [4.69, 9.17) is 15.0 Å². The summed E-state index contributed by atoms with van der Waals surface area (Å²) < 4.78 is 26.0. The molecule has 0 spiro atoms. The molecule has 0 saturated heterocycles. The van der Waals surface area contributed by atoms with Crippen LogP contribution in [0.4, 0.5) is 10.1 Å². The van der Waals surface area contributed by atoms with Gasteiger partial charge in [-0.3, -0.25) is 9.35 Å². The van der Waals surface area contributed by atoms with E-state index in [9.17, 15) is 9.00 Å². The third-order valence-electron chi connectivity index (χ3n) is 1.78. The van der Waals surface area contributed by atoms with Crippen LogP contribution in [0.3, 0.4) is 0 Å². The van der Waals surface area contributed by atoms with Crippen molar-refractivity contribution in [2.24, 2.45) is 0 Å². The second-order valence-electron chi connectivity index (χ2n) is 3.02. The highest BCUT2D eigenvalue weighted by molar-refractivity contribution is 7.81. The van der Waals surface area contributed by atoms with Crippen LogP contribution in [0.2, 0.25) is 0 Å². The number of aryl methyl sites for hydroxylation is 1. The fourth-order valence-corrected chi connectivity index (χ4v) is 2.70. The van der Waals surface area contributed by atoms with E-state index in [2.05, 4.69) is 4.98 Å². The molecule has 17 heavy (non-hydrogen) atoms. The van der Waals surface area contributed by atoms with Gasteiger partial charge in [0.2, 0.25) is 0 Å². The van der Waals surface area contributed by atoms with Crippen LogP contribution in [0.1, 0.15) is 12.6 Å². The van der Waals surface area contributed by atoms with Gasteiger partial charge in [-0.15, -0.1) is 0 Å². The van der Waals surface area contributed by atoms with E-state index < -0.39 is 17.2 Å². The summed E-state index contributed by atoms with van der Waals surface area (Å²) in [7, 11) is 0. The van der Waals surface area contributed by atoms with Gasteiger partial charge in [0.15, 0.2) is 5.13 Å². The average molecular weight is 279 g/mol. The van der Waals surface area contributed by atoms with Gasteiger partial charge in [-0.05, 0) is 13.8 Å². The summed E-state index contributed by atoms with van der Waals surface area (Å²) in [5.74, 6) is -0.582. The lowest BCUT2D eigenvalue weighted by Gasteiger charge is -2.16. The standard InChI is InChI=1S/C8H13N3O4S2/c1-3-15-6(12)4-11(17(13)14)7-5(2)10-8(9)16-7/h3-4H2,1-2H3,(H2,9,10)(H,13,14). The van der Waals surface area contributed by atoms with E-state index in [-0.39, 0.29) is 18.3 Å². The molecule has 0 amide bonds. The number of hydrogen-bond donors (Lipinski definition) is 2. The molecule has 1 atom stereocenters. The minimum absolute atomic E-state index is 0.217. The van der Waals surface area contributed by atoms with Crippen LogP contribution in [0.15, 0.2) is 0 Å². The fraction of sp³-hybridized carbons (Fsp3) is 0.500. The first kappa shape index (κ1) is 13.9. The summed E-state index contributed by atoms with van der Waals surface area (Å²) in [4.78, 5) is 15.2. The smallest absolute Gasteiger partial charge is 0.326 e. The van der Waals surface area contributed by atoms with Crippen molar-refractivity contribution in [1.29, 1.82) is 0 Å². The predicted molar refractivity (Wildman–Crippen MR) is 66.0 cm³/mol. The lowest BCUT2D eigenvalue weighted by atomic mass is 10.5. The van der Waals surface area contributed by atoms with Gasteiger partial charge in [-0.1, -0.05) is 11.3 Å². The Morgan fingerprint density at radius 3 is 2.76 bits per heavy atom. The van der Waals surface area contributed by atoms with Crippen LogP contribution in [-0.4, -0.2) is 32.9 Å². The number of hydrogen-bond acceptors (Lipinski definition) is 6. The molecule has 9 heteroatoms. The third kappa shape index (κ3) is 3.65. The van der Waals surface area contributed by atoms with Crippen LogP contribution in [0.5, 0.6) is 0 Å². The molecule has 0 saturated carbocycles. The van der Waals surface area contributed by atoms with E-state index in [1.54, 1.807) is 13.8 Å². The number of esters is 1. The molecule has 1 aromatic rings. The zero-order valence-electron chi connectivity index (χ0n) is 9.37. The molecule has 1 aromatic heterocycles. The van der Waals surface area contributed by atoms with E-state index in [0.717, 1.165) is 15.6 Å². The summed E-state index contributed by atoms with van der Waals surface area (Å²) in [6.45, 7) is 3.20. The van der Waals surface area contributed by atoms with E-state index in [0.29, 0.717) is 10.7 Å². The van der Waals surface area contributed by atoms with Crippen LogP contribution >= 0.6 is 11.3 Å². The van der Waals surface area contributed by atoms with Gasteiger partial charge in [-0.2, -0.15) is 0 Å². The highest BCUT2D eigenvalue weighted by Crippen LogP contribution is 2.30. The number of nitrogen functional groups attached to an aromatic ring is 1. The number of nitrogens with two attached hydrogens (primary N) is 1. The van der Waals surface area contributed by atoms with Crippen LogP contribution in [-0.2, 0) is 20.8 Å². The van der Waals surface area contributed by atoms with Gasteiger partial charge in [0, 0.05) is 0 Å². The SMILES string of the molecule is CCOC(=O)CN(c1sc(N)nc1C)S(=O)O. The molecule has 7 nitrogen and oxygen atoms in total. The van der Waals surface area contributed by atoms with Gasteiger partial charge in [0.25, 0.3) is 11.3 Å². The monoisotopic (exact) mass is 279 g/mol. The Bertz CT molecular complexity index is 434. The van der Waals surface area contributed by atoms with Crippen molar-refractivity contribution >= 4 is 38.7 Å². The molecule has 96 valence electrons. The molecule has 0 bridgehead atoms. The predicted octanol–water partition coefficient (Wildman–Crippen LogP) is 0.540. The quantitative estimate of drug-likeness (QED) is 0.602. The molecule has 0 aromatic carbocycles. The molecule has 1 heterocycles. The summed E-state index contributed by atoms with van der Waals surface area (Å²) >= 11 is -1.29. The first-order valence-electron chi connectivity index (χ1n) is 4.72. The molecular formula is C8H13N3O4S2. The highest BCUT2D eigenvalue weighted by Gasteiger charge is 2.22. The van der Waals surface area contributed by atoms with Gasteiger partial charge < -0.3 is 10.5 Å². The number of ether oxygens (including phenoxy) is 1. The van der Waals surface area contributed by atoms with Crippen LogP contribution < -0.4 is 10.0 Å².